The van der Waals surface area contributed by atoms with Gasteiger partial charge in [-0.05, 0) is 16.0 Å². The van der Waals surface area contributed by atoms with Crippen molar-refractivity contribution in [2.45, 2.75) is 6.42 Å². The van der Waals surface area contributed by atoms with E-state index in [0.717, 1.165) is 21.2 Å². The molecule has 0 aromatic heterocycles. The van der Waals surface area contributed by atoms with Gasteiger partial charge in [0.15, 0.2) is 11.6 Å². The zero-order chi connectivity index (χ0) is 13.7. The molecule has 3 nitrogen and oxygen atoms in total. The van der Waals surface area contributed by atoms with E-state index in [2.05, 4.69) is 5.32 Å². The summed E-state index contributed by atoms with van der Waals surface area (Å²) in [6.45, 7) is 0. The third-order valence-electron chi connectivity index (χ3n) is 3.78. The van der Waals surface area contributed by atoms with Gasteiger partial charge in [0.2, 0.25) is 0 Å². The molecular formula is C17H11NO2. The van der Waals surface area contributed by atoms with E-state index < -0.39 is 0 Å². The highest BCUT2D eigenvalue weighted by Gasteiger charge is 2.26. The Balaban J connectivity index is 2.28. The maximum Gasteiger partial charge on any atom is 0.173 e. The van der Waals surface area contributed by atoms with Gasteiger partial charge in [-0.25, -0.2) is 0 Å². The van der Waals surface area contributed by atoms with Crippen molar-refractivity contribution in [3.8, 4) is 0 Å². The molecule has 2 aliphatic rings. The fourth-order valence-corrected chi connectivity index (χ4v) is 2.91. The zero-order valence-electron chi connectivity index (χ0n) is 10.6. The van der Waals surface area contributed by atoms with E-state index in [1.165, 1.54) is 6.08 Å². The summed E-state index contributed by atoms with van der Waals surface area (Å²) < 4.78 is 0. The van der Waals surface area contributed by atoms with Gasteiger partial charge >= 0.3 is 0 Å². The number of ketones is 2. The molecule has 3 heteroatoms. The van der Waals surface area contributed by atoms with Crippen molar-refractivity contribution >= 4 is 34.1 Å². The van der Waals surface area contributed by atoms with Gasteiger partial charge in [-0.15, -0.1) is 0 Å². The number of hydrogen-bond donors (Lipinski definition) is 1. The van der Waals surface area contributed by atoms with Crippen LogP contribution in [0.3, 0.4) is 0 Å². The Morgan fingerprint density at radius 1 is 1.00 bits per heavy atom. The van der Waals surface area contributed by atoms with Crippen LogP contribution in [0, 0.1) is 0 Å². The number of fused-ring (bicyclic) bond motifs is 4. The maximum atomic E-state index is 12.3. The molecule has 0 radical (unpaired) electrons. The first-order valence-corrected chi connectivity index (χ1v) is 6.51. The molecule has 0 atom stereocenters. The Labute approximate surface area is 114 Å². The molecule has 1 aliphatic heterocycles. The Hall–Kier alpha value is -2.68. The summed E-state index contributed by atoms with van der Waals surface area (Å²) in [5.41, 5.74) is 1.26. The quantitative estimate of drug-likeness (QED) is 0.712. The highest BCUT2D eigenvalue weighted by atomic mass is 16.1. The van der Waals surface area contributed by atoms with Crippen LogP contribution in [0.4, 0.5) is 0 Å². The smallest absolute Gasteiger partial charge is 0.173 e. The fraction of sp³-hybridized carbons (Fsp3) is 0.0588. The molecule has 4 rings (SSSR count). The van der Waals surface area contributed by atoms with Gasteiger partial charge in [-0.3, -0.25) is 9.59 Å². The van der Waals surface area contributed by atoms with Crippen molar-refractivity contribution in [3.63, 3.8) is 0 Å². The van der Waals surface area contributed by atoms with Crippen LogP contribution in [-0.4, -0.2) is 11.6 Å². The molecule has 0 saturated carbocycles. The Morgan fingerprint density at radius 3 is 2.75 bits per heavy atom. The van der Waals surface area contributed by atoms with Gasteiger partial charge in [0.1, 0.15) is 0 Å². The topological polar surface area (TPSA) is 46.2 Å². The van der Waals surface area contributed by atoms with Crippen molar-refractivity contribution in [1.82, 2.24) is 5.32 Å². The number of hydrogen-bond acceptors (Lipinski definition) is 3. The highest BCUT2D eigenvalue weighted by Crippen LogP contribution is 2.20. The Kier molecular flexibility index (Phi) is 2.18. The van der Waals surface area contributed by atoms with Gasteiger partial charge in [0.25, 0.3) is 0 Å². The largest absolute Gasteiger partial charge is 0.360 e. The summed E-state index contributed by atoms with van der Waals surface area (Å²) in [6.07, 6.45) is 3.34. The zero-order valence-corrected chi connectivity index (χ0v) is 10.6. The van der Waals surface area contributed by atoms with Crippen molar-refractivity contribution in [2.24, 2.45) is 0 Å². The Morgan fingerprint density at radius 2 is 1.85 bits per heavy atom. The van der Waals surface area contributed by atoms with Crippen LogP contribution < -0.4 is 15.8 Å². The number of carbonyl (C=O) groups is 2. The molecular weight excluding hydrogens is 250 g/mol. The van der Waals surface area contributed by atoms with E-state index >= 15 is 0 Å². The van der Waals surface area contributed by atoms with E-state index in [-0.39, 0.29) is 18.0 Å². The van der Waals surface area contributed by atoms with E-state index in [0.29, 0.717) is 11.3 Å². The minimum absolute atomic E-state index is 0.0385. The number of carbonyl (C=O) groups excluding carboxylic acids is 2. The summed E-state index contributed by atoms with van der Waals surface area (Å²) in [5.74, 6) is -0.246. The Bertz CT molecular complexity index is 935. The lowest BCUT2D eigenvalue weighted by Gasteiger charge is -2.19. The lowest BCUT2D eigenvalue weighted by Crippen LogP contribution is -2.40. The molecule has 2 aromatic carbocycles. The molecule has 96 valence electrons. The van der Waals surface area contributed by atoms with Crippen LogP contribution in [0.2, 0.25) is 0 Å². The van der Waals surface area contributed by atoms with Crippen molar-refractivity contribution in [2.75, 3.05) is 0 Å². The van der Waals surface area contributed by atoms with Gasteiger partial charge in [-0.2, -0.15) is 0 Å². The van der Waals surface area contributed by atoms with Crippen molar-refractivity contribution < 1.29 is 9.59 Å². The van der Waals surface area contributed by atoms with Gasteiger partial charge in [0.05, 0.1) is 17.7 Å². The van der Waals surface area contributed by atoms with Crippen LogP contribution in [0.15, 0.2) is 48.2 Å². The fourth-order valence-electron chi connectivity index (χ4n) is 2.91. The average Bonchev–Trinajstić information content (AvgIpc) is 2.46. The second-order valence-electron chi connectivity index (χ2n) is 5.04. The monoisotopic (exact) mass is 261 g/mol. The molecule has 0 spiro atoms. The number of allylic oxidation sites excluding steroid dienone is 2. The molecule has 1 heterocycles. The van der Waals surface area contributed by atoms with Gasteiger partial charge in [-0.1, -0.05) is 36.4 Å². The molecule has 0 unspecified atom stereocenters. The lowest BCUT2D eigenvalue weighted by atomic mass is 9.90. The number of benzene rings is 2. The molecule has 0 fully saturated rings. The van der Waals surface area contributed by atoms with Crippen LogP contribution in [-0.2, 0) is 9.59 Å². The third-order valence-corrected chi connectivity index (χ3v) is 3.78. The molecule has 1 aliphatic carbocycles. The van der Waals surface area contributed by atoms with E-state index in [4.69, 9.17) is 0 Å². The second kappa shape index (κ2) is 3.90. The SMILES string of the molecule is O=C1C=C2NC=c3ccc4ccccc4c3=C2C(=O)C1. The predicted octanol–water partition coefficient (Wildman–Crippen LogP) is 0.757. The highest BCUT2D eigenvalue weighted by molar-refractivity contribution is 6.31. The van der Waals surface area contributed by atoms with Gasteiger partial charge in [0, 0.05) is 17.5 Å². The predicted molar refractivity (Wildman–Crippen MR) is 76.9 cm³/mol. The minimum Gasteiger partial charge on any atom is -0.360 e. The van der Waals surface area contributed by atoms with Crippen molar-refractivity contribution in [3.05, 3.63) is 58.6 Å². The van der Waals surface area contributed by atoms with Crippen LogP contribution in [0.5, 0.6) is 0 Å². The second-order valence-corrected chi connectivity index (χ2v) is 5.04. The first-order valence-electron chi connectivity index (χ1n) is 6.51. The summed E-state index contributed by atoms with van der Waals surface area (Å²) in [6, 6.07) is 12.0. The van der Waals surface area contributed by atoms with Crippen LogP contribution in [0.25, 0.3) is 22.5 Å². The molecule has 2 aromatic rings. The molecule has 1 N–H and O–H groups in total. The first kappa shape index (κ1) is 11.2. The standard InChI is InChI=1S/C17H11NO2/c19-12-7-14-17(15(20)8-12)16-11(9-18-14)6-5-10-3-1-2-4-13(10)16/h1-7,9,18H,8H2. The number of rotatable bonds is 0. The van der Waals surface area contributed by atoms with Crippen LogP contribution in [0.1, 0.15) is 6.42 Å². The minimum atomic E-state index is -0.140. The van der Waals surface area contributed by atoms with E-state index in [1.807, 2.05) is 42.6 Å². The third kappa shape index (κ3) is 1.46. The van der Waals surface area contributed by atoms with E-state index in [1.54, 1.807) is 0 Å². The number of Topliss-reactive ketones (excluding diaryl/α,β-unsaturated/α-hetero) is 1. The first-order chi connectivity index (χ1) is 9.74. The number of nitrogens with one attached hydrogen (secondary N) is 1. The van der Waals surface area contributed by atoms with Crippen LogP contribution >= 0.6 is 0 Å². The normalized spacial score (nSPS) is 17.0. The average molecular weight is 261 g/mol. The van der Waals surface area contributed by atoms with Crippen molar-refractivity contribution in [1.29, 1.82) is 0 Å². The summed E-state index contributed by atoms with van der Waals surface area (Å²) in [7, 11) is 0. The molecule has 0 bridgehead atoms. The summed E-state index contributed by atoms with van der Waals surface area (Å²) in [4.78, 5) is 23.8. The summed E-state index contributed by atoms with van der Waals surface area (Å²) >= 11 is 0. The van der Waals surface area contributed by atoms with Gasteiger partial charge < -0.3 is 5.32 Å². The molecule has 20 heavy (non-hydrogen) atoms. The maximum absolute atomic E-state index is 12.3. The molecule has 0 saturated heterocycles. The molecule has 0 amide bonds. The lowest BCUT2D eigenvalue weighted by molar-refractivity contribution is -0.122. The summed E-state index contributed by atoms with van der Waals surface area (Å²) in [5, 5.41) is 7.12. The van der Waals surface area contributed by atoms with E-state index in [9.17, 15) is 9.59 Å².